The molecule has 2 aromatic rings. The lowest BCUT2D eigenvalue weighted by Gasteiger charge is -2.20. The maximum absolute atomic E-state index is 12.3. The molecule has 1 fully saturated rings. The van der Waals surface area contributed by atoms with Crippen molar-refractivity contribution in [1.29, 1.82) is 0 Å². The molecule has 184 valence electrons. The molecule has 0 radical (unpaired) electrons. The average Bonchev–Trinajstić information content (AvgIpc) is 3.23. The summed E-state index contributed by atoms with van der Waals surface area (Å²) < 4.78 is 11.0. The van der Waals surface area contributed by atoms with Gasteiger partial charge in [0, 0.05) is 6.42 Å². The Morgan fingerprint density at radius 3 is 2.12 bits per heavy atom. The smallest absolute Gasteiger partial charge is 0.410 e. The number of carbonyl (C=O) groups is 3. The number of benzene rings is 2. The third kappa shape index (κ3) is 8.74. The molecule has 1 heterocycles. The van der Waals surface area contributed by atoms with Gasteiger partial charge in [0.15, 0.2) is 0 Å². The van der Waals surface area contributed by atoms with E-state index in [1.807, 2.05) is 62.4 Å². The molecule has 4 N–H and O–H groups in total. The van der Waals surface area contributed by atoms with Crippen LogP contribution >= 0.6 is 0 Å². The minimum absolute atomic E-state index is 0.104. The molecule has 0 spiro atoms. The second kappa shape index (κ2) is 13.2. The molecule has 2 aromatic carbocycles. The van der Waals surface area contributed by atoms with E-state index in [9.17, 15) is 19.5 Å². The van der Waals surface area contributed by atoms with Gasteiger partial charge >= 0.3 is 18.0 Å². The summed E-state index contributed by atoms with van der Waals surface area (Å²) in [7, 11) is 0. The minimum Gasteiger partial charge on any atom is -0.488 e. The van der Waals surface area contributed by atoms with Gasteiger partial charge in [-0.15, -0.1) is 0 Å². The zero-order valence-corrected chi connectivity index (χ0v) is 19.4. The molecule has 34 heavy (non-hydrogen) atoms. The van der Waals surface area contributed by atoms with Crippen LogP contribution in [-0.4, -0.2) is 57.9 Å². The van der Waals surface area contributed by atoms with Crippen LogP contribution in [0, 0.1) is 5.92 Å². The molecule has 0 aromatic heterocycles. The number of nitrogens with zero attached hydrogens (tertiary/aromatic N) is 1. The van der Waals surface area contributed by atoms with Crippen molar-refractivity contribution < 1.29 is 34.1 Å². The van der Waals surface area contributed by atoms with Gasteiger partial charge in [-0.3, -0.25) is 9.69 Å². The summed E-state index contributed by atoms with van der Waals surface area (Å²) in [6.07, 6.45) is -0.247. The van der Waals surface area contributed by atoms with Crippen LogP contribution in [0.3, 0.4) is 0 Å². The Balaban J connectivity index is 0.000000387. The minimum atomic E-state index is -1.06. The topological polar surface area (TPSA) is 139 Å². The van der Waals surface area contributed by atoms with Gasteiger partial charge in [0.1, 0.15) is 30.5 Å². The average molecular weight is 473 g/mol. The molecule has 9 heteroatoms. The van der Waals surface area contributed by atoms with Gasteiger partial charge in [-0.2, -0.15) is 0 Å². The second-order valence-corrected chi connectivity index (χ2v) is 8.41. The van der Waals surface area contributed by atoms with Gasteiger partial charge in [0.25, 0.3) is 0 Å². The van der Waals surface area contributed by atoms with E-state index in [1.54, 1.807) is 12.1 Å². The Labute approximate surface area is 199 Å². The van der Waals surface area contributed by atoms with E-state index in [4.69, 9.17) is 20.3 Å². The van der Waals surface area contributed by atoms with Crippen molar-refractivity contribution in [2.24, 2.45) is 11.7 Å². The highest BCUT2D eigenvalue weighted by atomic mass is 16.6. The SMILES string of the molecule is CC(C)C[C@H](N)C(=O)O.O=C(O)[C@@H]1C[C@@H](Oc2ccccc2)CN1C(=O)OCc1ccccc1. The molecule has 1 saturated heterocycles. The first-order chi connectivity index (χ1) is 16.2. The summed E-state index contributed by atoms with van der Waals surface area (Å²) >= 11 is 0. The molecule has 1 aliphatic heterocycles. The van der Waals surface area contributed by atoms with Gasteiger partial charge < -0.3 is 25.4 Å². The van der Waals surface area contributed by atoms with Crippen LogP contribution in [0.15, 0.2) is 60.7 Å². The van der Waals surface area contributed by atoms with E-state index in [2.05, 4.69) is 0 Å². The third-order valence-electron chi connectivity index (χ3n) is 5.08. The lowest BCUT2D eigenvalue weighted by atomic mass is 10.1. The van der Waals surface area contributed by atoms with Crippen LogP contribution in [0.1, 0.15) is 32.3 Å². The van der Waals surface area contributed by atoms with Gasteiger partial charge in [-0.25, -0.2) is 9.59 Å². The van der Waals surface area contributed by atoms with E-state index in [-0.39, 0.29) is 25.7 Å². The number of ether oxygens (including phenoxy) is 2. The first-order valence-corrected chi connectivity index (χ1v) is 11.1. The van der Waals surface area contributed by atoms with E-state index >= 15 is 0 Å². The van der Waals surface area contributed by atoms with Crippen molar-refractivity contribution >= 4 is 18.0 Å². The number of carbonyl (C=O) groups excluding carboxylic acids is 1. The standard InChI is InChI=1S/C19H19NO5.C6H13NO2/c21-18(22)17-11-16(25-15-9-5-2-6-10-15)12-20(17)19(23)24-13-14-7-3-1-4-8-14;1-4(2)3-5(7)6(8)9/h1-10,16-17H,11-13H2,(H,21,22);4-5H,3,7H2,1-2H3,(H,8,9)/t16-,17+;5-/m10/s1. The molecular weight excluding hydrogens is 440 g/mol. The molecule has 0 unspecified atom stereocenters. The summed E-state index contributed by atoms with van der Waals surface area (Å²) in [5.74, 6) is -0.966. The van der Waals surface area contributed by atoms with Crippen LogP contribution in [0.4, 0.5) is 4.79 Å². The van der Waals surface area contributed by atoms with E-state index in [1.165, 1.54) is 4.90 Å². The fourth-order valence-corrected chi connectivity index (χ4v) is 3.42. The number of amides is 1. The van der Waals surface area contributed by atoms with E-state index in [0.29, 0.717) is 18.1 Å². The van der Waals surface area contributed by atoms with Crippen molar-refractivity contribution in [3.8, 4) is 5.75 Å². The molecule has 1 aliphatic rings. The van der Waals surface area contributed by atoms with Crippen LogP contribution in [0.25, 0.3) is 0 Å². The summed E-state index contributed by atoms with van der Waals surface area (Å²) in [5, 5.41) is 17.7. The highest BCUT2D eigenvalue weighted by Crippen LogP contribution is 2.24. The summed E-state index contributed by atoms with van der Waals surface area (Å²) in [4.78, 5) is 35.1. The van der Waals surface area contributed by atoms with E-state index in [0.717, 1.165) is 5.56 Å². The molecule has 0 saturated carbocycles. The molecule has 0 aliphatic carbocycles. The molecule has 9 nitrogen and oxygen atoms in total. The predicted octanol–water partition coefficient (Wildman–Crippen LogP) is 3.37. The number of hydrogen-bond donors (Lipinski definition) is 3. The van der Waals surface area contributed by atoms with Crippen LogP contribution in [0.2, 0.25) is 0 Å². The lowest BCUT2D eigenvalue weighted by molar-refractivity contribution is -0.142. The van der Waals surface area contributed by atoms with Gasteiger partial charge in [0.2, 0.25) is 0 Å². The van der Waals surface area contributed by atoms with Crippen molar-refractivity contribution in [2.75, 3.05) is 6.54 Å². The van der Waals surface area contributed by atoms with Crippen molar-refractivity contribution in [1.82, 2.24) is 4.90 Å². The zero-order valence-electron chi connectivity index (χ0n) is 19.4. The number of aliphatic carboxylic acids is 2. The monoisotopic (exact) mass is 472 g/mol. The van der Waals surface area contributed by atoms with Crippen molar-refractivity contribution in [3.05, 3.63) is 66.2 Å². The number of hydrogen-bond acceptors (Lipinski definition) is 6. The number of nitrogens with two attached hydrogens (primary N) is 1. The van der Waals surface area contributed by atoms with Crippen molar-refractivity contribution in [2.45, 2.75) is 51.5 Å². The van der Waals surface area contributed by atoms with Gasteiger partial charge in [-0.05, 0) is 30.0 Å². The fourth-order valence-electron chi connectivity index (χ4n) is 3.42. The largest absolute Gasteiger partial charge is 0.488 e. The van der Waals surface area contributed by atoms with Crippen LogP contribution in [-0.2, 0) is 20.9 Å². The molecule has 3 atom stereocenters. The number of carboxylic acids is 2. The Hall–Kier alpha value is -3.59. The number of rotatable bonds is 8. The van der Waals surface area contributed by atoms with Crippen molar-refractivity contribution in [3.63, 3.8) is 0 Å². The quantitative estimate of drug-likeness (QED) is 0.531. The summed E-state index contributed by atoms with van der Waals surface area (Å²) in [5.41, 5.74) is 6.06. The number of likely N-dealkylation sites (tertiary alicyclic amines) is 1. The first-order valence-electron chi connectivity index (χ1n) is 11.1. The normalized spacial score (nSPS) is 17.9. The second-order valence-electron chi connectivity index (χ2n) is 8.41. The maximum Gasteiger partial charge on any atom is 0.410 e. The summed E-state index contributed by atoms with van der Waals surface area (Å²) in [6, 6.07) is 16.8. The van der Waals surface area contributed by atoms with Crippen LogP contribution < -0.4 is 10.5 Å². The Kier molecular flexibility index (Phi) is 10.3. The van der Waals surface area contributed by atoms with E-state index < -0.39 is 30.1 Å². The number of carboxylic acid groups (broad SMARTS) is 2. The number of para-hydroxylation sites is 1. The predicted molar refractivity (Wildman–Crippen MR) is 125 cm³/mol. The maximum atomic E-state index is 12.3. The highest BCUT2D eigenvalue weighted by Gasteiger charge is 2.41. The zero-order chi connectivity index (χ0) is 25.1. The Morgan fingerprint density at radius 2 is 1.62 bits per heavy atom. The van der Waals surface area contributed by atoms with Gasteiger partial charge in [0.05, 0.1) is 6.54 Å². The van der Waals surface area contributed by atoms with Crippen LogP contribution in [0.5, 0.6) is 5.75 Å². The Bertz CT molecular complexity index is 921. The molecule has 0 bridgehead atoms. The van der Waals surface area contributed by atoms with Gasteiger partial charge in [-0.1, -0.05) is 62.4 Å². The summed E-state index contributed by atoms with van der Waals surface area (Å²) in [6.45, 7) is 4.18. The first kappa shape index (κ1) is 26.7. The molecular formula is C25H32N2O7. The fraction of sp³-hybridized carbons (Fsp3) is 0.400. The third-order valence-corrected chi connectivity index (χ3v) is 5.08. The Morgan fingerprint density at radius 1 is 1.03 bits per heavy atom. The lowest BCUT2D eigenvalue weighted by Crippen LogP contribution is -2.40. The highest BCUT2D eigenvalue weighted by molar-refractivity contribution is 5.81. The molecule has 1 amide bonds. The molecule has 3 rings (SSSR count).